The fourth-order valence-corrected chi connectivity index (χ4v) is 1.94. The highest BCUT2D eigenvalue weighted by molar-refractivity contribution is 9.10. The average Bonchev–Trinajstić information content (AvgIpc) is 2.28. The molecule has 0 bridgehead atoms. The van der Waals surface area contributed by atoms with Crippen molar-refractivity contribution in [3.05, 3.63) is 28.5 Å². The first-order chi connectivity index (χ1) is 8.10. The van der Waals surface area contributed by atoms with Gasteiger partial charge in [0.2, 0.25) is 6.41 Å². The number of carbonyl (C=O) groups excluding carboxylic acids is 1. The van der Waals surface area contributed by atoms with Crippen molar-refractivity contribution in [2.45, 2.75) is 19.4 Å². The standard InChI is InChI=1S/C11H13BrN2O3/c1-2-3-14(7-15)10(11(16)17)8-4-9(12)6-13-5-8/h4-7,10H,2-3H2,1H3,(H,16,17). The van der Waals surface area contributed by atoms with Crippen molar-refractivity contribution < 1.29 is 14.7 Å². The van der Waals surface area contributed by atoms with Gasteiger partial charge in [-0.05, 0) is 28.4 Å². The number of carbonyl (C=O) groups is 2. The summed E-state index contributed by atoms with van der Waals surface area (Å²) < 4.78 is 0.684. The maximum Gasteiger partial charge on any atom is 0.331 e. The van der Waals surface area contributed by atoms with E-state index in [9.17, 15) is 14.7 Å². The summed E-state index contributed by atoms with van der Waals surface area (Å²) in [5.74, 6) is -1.06. The van der Waals surface area contributed by atoms with Gasteiger partial charge in [-0.3, -0.25) is 9.78 Å². The number of halogens is 1. The van der Waals surface area contributed by atoms with E-state index in [0.29, 0.717) is 29.4 Å². The van der Waals surface area contributed by atoms with Gasteiger partial charge in [-0.1, -0.05) is 6.92 Å². The van der Waals surface area contributed by atoms with Crippen LogP contribution in [0.1, 0.15) is 24.9 Å². The van der Waals surface area contributed by atoms with Gasteiger partial charge in [0.05, 0.1) is 0 Å². The van der Waals surface area contributed by atoms with Crippen molar-refractivity contribution in [2.24, 2.45) is 0 Å². The minimum absolute atomic E-state index is 0.396. The molecule has 6 heteroatoms. The Morgan fingerprint density at radius 3 is 2.82 bits per heavy atom. The molecule has 1 atom stereocenters. The van der Waals surface area contributed by atoms with Gasteiger partial charge in [-0.25, -0.2) is 4.79 Å². The lowest BCUT2D eigenvalue weighted by atomic mass is 10.1. The number of hydrogen-bond donors (Lipinski definition) is 1. The summed E-state index contributed by atoms with van der Waals surface area (Å²) in [5.41, 5.74) is 0.479. The van der Waals surface area contributed by atoms with Crippen molar-refractivity contribution >= 4 is 28.3 Å². The Hall–Kier alpha value is -1.43. The maximum atomic E-state index is 11.2. The lowest BCUT2D eigenvalue weighted by Crippen LogP contribution is -2.33. The summed E-state index contributed by atoms with van der Waals surface area (Å²) in [7, 11) is 0. The van der Waals surface area contributed by atoms with E-state index in [0.717, 1.165) is 0 Å². The van der Waals surface area contributed by atoms with E-state index < -0.39 is 12.0 Å². The third kappa shape index (κ3) is 3.52. The molecule has 0 aliphatic rings. The number of hydrogen-bond acceptors (Lipinski definition) is 3. The predicted octanol–water partition coefficient (Wildman–Crippen LogP) is 1.84. The largest absolute Gasteiger partial charge is 0.479 e. The normalized spacial score (nSPS) is 11.9. The van der Waals surface area contributed by atoms with Gasteiger partial charge in [0, 0.05) is 29.0 Å². The van der Waals surface area contributed by atoms with Crippen LogP contribution in [0.3, 0.4) is 0 Å². The van der Waals surface area contributed by atoms with Crippen LogP contribution in [-0.2, 0) is 9.59 Å². The average molecular weight is 301 g/mol. The summed E-state index contributed by atoms with van der Waals surface area (Å²) in [6.45, 7) is 2.28. The molecule has 0 saturated carbocycles. The molecule has 0 radical (unpaired) electrons. The number of carboxylic acids is 1. The molecule has 1 rings (SSSR count). The Balaban J connectivity index is 3.07. The van der Waals surface area contributed by atoms with Gasteiger partial charge in [0.25, 0.3) is 0 Å². The van der Waals surface area contributed by atoms with Gasteiger partial charge in [0.1, 0.15) is 0 Å². The number of nitrogens with zero attached hydrogens (tertiary/aromatic N) is 2. The first-order valence-electron chi connectivity index (χ1n) is 5.14. The Labute approximate surface area is 108 Å². The van der Waals surface area contributed by atoms with Gasteiger partial charge in [-0.2, -0.15) is 0 Å². The molecular formula is C11H13BrN2O3. The summed E-state index contributed by atoms with van der Waals surface area (Å²) >= 11 is 3.23. The van der Waals surface area contributed by atoms with E-state index in [1.54, 1.807) is 12.3 Å². The SMILES string of the molecule is CCCN(C=O)C(C(=O)O)c1cncc(Br)c1. The highest BCUT2D eigenvalue weighted by Crippen LogP contribution is 2.22. The van der Waals surface area contributed by atoms with Crippen LogP contribution >= 0.6 is 15.9 Å². The predicted molar refractivity (Wildman–Crippen MR) is 65.4 cm³/mol. The lowest BCUT2D eigenvalue weighted by molar-refractivity contribution is -0.146. The fourth-order valence-electron chi connectivity index (χ4n) is 1.55. The number of carboxylic acid groups (broad SMARTS) is 1. The molecule has 1 unspecified atom stereocenters. The molecule has 1 heterocycles. The van der Waals surface area contributed by atoms with Crippen LogP contribution in [0.15, 0.2) is 22.9 Å². The van der Waals surface area contributed by atoms with E-state index in [1.165, 1.54) is 11.1 Å². The Morgan fingerprint density at radius 2 is 2.35 bits per heavy atom. The zero-order chi connectivity index (χ0) is 12.8. The molecule has 17 heavy (non-hydrogen) atoms. The fraction of sp³-hybridized carbons (Fsp3) is 0.364. The Bertz CT molecular complexity index is 411. The molecule has 0 spiro atoms. The molecular weight excluding hydrogens is 288 g/mol. The highest BCUT2D eigenvalue weighted by atomic mass is 79.9. The highest BCUT2D eigenvalue weighted by Gasteiger charge is 2.26. The van der Waals surface area contributed by atoms with E-state index in [1.807, 2.05) is 6.92 Å². The number of amides is 1. The van der Waals surface area contributed by atoms with E-state index in [-0.39, 0.29) is 0 Å². The van der Waals surface area contributed by atoms with Crippen LogP contribution in [0.5, 0.6) is 0 Å². The molecule has 0 saturated heterocycles. The molecule has 0 aromatic carbocycles. The second kappa shape index (κ2) is 6.34. The Morgan fingerprint density at radius 1 is 1.65 bits per heavy atom. The maximum absolute atomic E-state index is 11.2. The quantitative estimate of drug-likeness (QED) is 0.814. The minimum Gasteiger partial charge on any atom is -0.479 e. The molecule has 92 valence electrons. The van der Waals surface area contributed by atoms with Crippen molar-refractivity contribution in [2.75, 3.05) is 6.54 Å². The molecule has 0 fully saturated rings. The molecule has 0 aliphatic heterocycles. The van der Waals surface area contributed by atoms with Gasteiger partial charge in [0.15, 0.2) is 6.04 Å². The Kier molecular flexibility index (Phi) is 5.09. The first kappa shape index (κ1) is 13.6. The molecule has 1 aromatic rings. The van der Waals surface area contributed by atoms with Gasteiger partial charge >= 0.3 is 5.97 Å². The van der Waals surface area contributed by atoms with Gasteiger partial charge < -0.3 is 10.0 Å². The van der Waals surface area contributed by atoms with Crippen molar-refractivity contribution in [3.8, 4) is 0 Å². The van der Waals surface area contributed by atoms with E-state index >= 15 is 0 Å². The van der Waals surface area contributed by atoms with E-state index in [4.69, 9.17) is 0 Å². The van der Waals surface area contributed by atoms with Crippen molar-refractivity contribution in [3.63, 3.8) is 0 Å². The number of rotatable bonds is 6. The number of pyridine rings is 1. The van der Waals surface area contributed by atoms with E-state index in [2.05, 4.69) is 20.9 Å². The number of aromatic nitrogens is 1. The second-order valence-electron chi connectivity index (χ2n) is 3.52. The minimum atomic E-state index is -1.06. The van der Waals surface area contributed by atoms with Crippen molar-refractivity contribution in [1.29, 1.82) is 0 Å². The second-order valence-corrected chi connectivity index (χ2v) is 4.44. The lowest BCUT2D eigenvalue weighted by Gasteiger charge is -2.24. The summed E-state index contributed by atoms with van der Waals surface area (Å²) in [4.78, 5) is 27.3. The molecule has 5 nitrogen and oxygen atoms in total. The first-order valence-corrected chi connectivity index (χ1v) is 5.93. The van der Waals surface area contributed by atoms with Crippen LogP contribution in [0.25, 0.3) is 0 Å². The molecule has 1 N–H and O–H groups in total. The zero-order valence-electron chi connectivity index (χ0n) is 9.34. The topological polar surface area (TPSA) is 70.5 Å². The summed E-state index contributed by atoms with van der Waals surface area (Å²) in [6, 6.07) is 0.662. The van der Waals surface area contributed by atoms with Crippen LogP contribution in [0, 0.1) is 0 Å². The van der Waals surface area contributed by atoms with Crippen LogP contribution in [0.2, 0.25) is 0 Å². The number of aliphatic carboxylic acids is 1. The summed E-state index contributed by atoms with van der Waals surface area (Å²) in [6.07, 6.45) is 4.27. The van der Waals surface area contributed by atoms with Crippen LogP contribution in [0.4, 0.5) is 0 Å². The summed E-state index contributed by atoms with van der Waals surface area (Å²) in [5, 5.41) is 9.20. The zero-order valence-corrected chi connectivity index (χ0v) is 10.9. The molecule has 0 aliphatic carbocycles. The third-order valence-electron chi connectivity index (χ3n) is 2.22. The van der Waals surface area contributed by atoms with Gasteiger partial charge in [-0.15, -0.1) is 0 Å². The van der Waals surface area contributed by atoms with Crippen molar-refractivity contribution in [1.82, 2.24) is 9.88 Å². The smallest absolute Gasteiger partial charge is 0.331 e. The molecule has 1 aromatic heterocycles. The third-order valence-corrected chi connectivity index (χ3v) is 2.66. The monoisotopic (exact) mass is 300 g/mol. The molecule has 1 amide bonds. The van der Waals surface area contributed by atoms with Crippen LogP contribution < -0.4 is 0 Å². The van der Waals surface area contributed by atoms with Crippen LogP contribution in [-0.4, -0.2) is 33.9 Å².